The van der Waals surface area contributed by atoms with E-state index in [4.69, 9.17) is 4.74 Å². The van der Waals surface area contributed by atoms with Gasteiger partial charge in [-0.05, 0) is 48.4 Å². The summed E-state index contributed by atoms with van der Waals surface area (Å²) in [5, 5.41) is 9.23. The largest absolute Gasteiger partial charge is 0.497 e. The Hall–Kier alpha value is -1.94. The number of benzene rings is 2. The van der Waals surface area contributed by atoms with E-state index >= 15 is 0 Å². The number of aryl methyl sites for hydroxylation is 1. The van der Waals surface area contributed by atoms with Gasteiger partial charge in [0.25, 0.3) is 0 Å². The van der Waals surface area contributed by atoms with Crippen molar-refractivity contribution in [1.29, 1.82) is 0 Å². The van der Waals surface area contributed by atoms with Crippen LogP contribution in [0.15, 0.2) is 52.3 Å². The number of carboxylic acids is 1. The minimum Gasteiger partial charge on any atom is -0.497 e. The lowest BCUT2D eigenvalue weighted by molar-refractivity contribution is 0.0695. The number of methoxy groups -OCH3 is 1. The van der Waals surface area contributed by atoms with Crippen LogP contribution in [0.4, 0.5) is 0 Å². The summed E-state index contributed by atoms with van der Waals surface area (Å²) in [6, 6.07) is 13.3. The lowest BCUT2D eigenvalue weighted by Crippen LogP contribution is -2.01. The van der Waals surface area contributed by atoms with E-state index in [0.717, 1.165) is 27.5 Å². The van der Waals surface area contributed by atoms with Gasteiger partial charge in [0.15, 0.2) is 0 Å². The van der Waals surface area contributed by atoms with Crippen LogP contribution < -0.4 is 4.74 Å². The third kappa shape index (κ3) is 3.33. The summed E-state index contributed by atoms with van der Waals surface area (Å²) < 4.78 is 5.11. The molecule has 0 saturated carbocycles. The van der Waals surface area contributed by atoms with Crippen molar-refractivity contribution < 1.29 is 14.6 Å². The molecule has 20 heavy (non-hydrogen) atoms. The van der Waals surface area contributed by atoms with Gasteiger partial charge in [-0.1, -0.05) is 24.8 Å². The Morgan fingerprint density at radius 2 is 1.80 bits per heavy atom. The van der Waals surface area contributed by atoms with Crippen LogP contribution in [0.1, 0.15) is 22.8 Å². The number of carbonyl (C=O) groups is 1. The number of rotatable bonds is 5. The first-order chi connectivity index (χ1) is 9.63. The molecular formula is C16H16O3S. The van der Waals surface area contributed by atoms with Gasteiger partial charge in [-0.2, -0.15) is 0 Å². The zero-order valence-electron chi connectivity index (χ0n) is 11.4. The number of aromatic carboxylic acids is 1. The molecule has 0 aliphatic carbocycles. The summed E-state index contributed by atoms with van der Waals surface area (Å²) in [5.41, 5.74) is 1.24. The van der Waals surface area contributed by atoms with Crippen LogP contribution in [-0.2, 0) is 6.42 Å². The van der Waals surface area contributed by atoms with E-state index in [9.17, 15) is 9.90 Å². The van der Waals surface area contributed by atoms with Crippen LogP contribution >= 0.6 is 11.8 Å². The summed E-state index contributed by atoms with van der Waals surface area (Å²) in [7, 11) is 1.63. The van der Waals surface area contributed by atoms with Gasteiger partial charge < -0.3 is 9.84 Å². The van der Waals surface area contributed by atoms with E-state index in [2.05, 4.69) is 0 Å². The van der Waals surface area contributed by atoms with Crippen molar-refractivity contribution in [2.45, 2.75) is 23.1 Å². The number of hydrogen-bond acceptors (Lipinski definition) is 3. The van der Waals surface area contributed by atoms with Gasteiger partial charge in [0, 0.05) is 9.79 Å². The van der Waals surface area contributed by atoms with Gasteiger partial charge in [-0.15, -0.1) is 0 Å². The van der Waals surface area contributed by atoms with E-state index < -0.39 is 5.97 Å². The maximum absolute atomic E-state index is 11.2. The monoisotopic (exact) mass is 288 g/mol. The van der Waals surface area contributed by atoms with Crippen LogP contribution in [0.5, 0.6) is 5.75 Å². The summed E-state index contributed by atoms with van der Waals surface area (Å²) in [6.45, 7) is 1.96. The van der Waals surface area contributed by atoms with E-state index in [1.165, 1.54) is 11.8 Å². The van der Waals surface area contributed by atoms with Crippen molar-refractivity contribution in [3.8, 4) is 5.75 Å². The molecule has 0 spiro atoms. The first-order valence-electron chi connectivity index (χ1n) is 6.32. The second kappa shape index (κ2) is 6.48. The highest BCUT2D eigenvalue weighted by Gasteiger charge is 2.10. The molecule has 0 saturated heterocycles. The molecular weight excluding hydrogens is 272 g/mol. The molecule has 3 nitrogen and oxygen atoms in total. The van der Waals surface area contributed by atoms with Crippen molar-refractivity contribution in [3.63, 3.8) is 0 Å². The Morgan fingerprint density at radius 3 is 2.35 bits per heavy atom. The van der Waals surface area contributed by atoms with Crippen molar-refractivity contribution in [1.82, 2.24) is 0 Å². The molecule has 0 aliphatic rings. The zero-order valence-corrected chi connectivity index (χ0v) is 12.2. The molecule has 0 fully saturated rings. The third-order valence-corrected chi connectivity index (χ3v) is 3.99. The molecule has 0 aromatic heterocycles. The van der Waals surface area contributed by atoms with Gasteiger partial charge >= 0.3 is 5.97 Å². The van der Waals surface area contributed by atoms with Crippen molar-refractivity contribution >= 4 is 17.7 Å². The molecule has 0 unspecified atom stereocenters. The van der Waals surface area contributed by atoms with Gasteiger partial charge in [0.2, 0.25) is 0 Å². The molecule has 1 N–H and O–H groups in total. The summed E-state index contributed by atoms with van der Waals surface area (Å²) in [5.74, 6) is -0.0686. The zero-order chi connectivity index (χ0) is 14.5. The SMILES string of the molecule is CCc1ccc(Sc2ccc(OC)cc2)cc1C(=O)O. The lowest BCUT2D eigenvalue weighted by atomic mass is 10.1. The van der Waals surface area contributed by atoms with E-state index in [0.29, 0.717) is 5.56 Å². The molecule has 104 valence electrons. The van der Waals surface area contributed by atoms with E-state index in [1.54, 1.807) is 13.2 Å². The first-order valence-corrected chi connectivity index (χ1v) is 7.13. The predicted molar refractivity (Wildman–Crippen MR) is 79.9 cm³/mol. The highest BCUT2D eigenvalue weighted by Crippen LogP contribution is 2.30. The standard InChI is InChI=1S/C16H16O3S/c1-3-11-4-7-14(10-15(11)16(17)18)20-13-8-5-12(19-2)6-9-13/h4-10H,3H2,1-2H3,(H,17,18). The highest BCUT2D eigenvalue weighted by atomic mass is 32.2. The van der Waals surface area contributed by atoms with E-state index in [1.807, 2.05) is 43.3 Å². The van der Waals surface area contributed by atoms with E-state index in [-0.39, 0.29) is 0 Å². The van der Waals surface area contributed by atoms with Crippen LogP contribution in [0.2, 0.25) is 0 Å². The Balaban J connectivity index is 2.24. The molecule has 0 radical (unpaired) electrons. The van der Waals surface area contributed by atoms with Crippen molar-refractivity contribution in [3.05, 3.63) is 53.6 Å². The fraction of sp³-hybridized carbons (Fsp3) is 0.188. The fourth-order valence-electron chi connectivity index (χ4n) is 1.91. The molecule has 0 amide bonds. The number of carboxylic acid groups (broad SMARTS) is 1. The Labute approximate surface area is 122 Å². The molecule has 0 heterocycles. The van der Waals surface area contributed by atoms with Gasteiger partial charge in [0.1, 0.15) is 5.75 Å². The second-order valence-electron chi connectivity index (χ2n) is 4.26. The van der Waals surface area contributed by atoms with Crippen LogP contribution in [0.25, 0.3) is 0 Å². The topological polar surface area (TPSA) is 46.5 Å². The fourth-order valence-corrected chi connectivity index (χ4v) is 2.76. The Morgan fingerprint density at radius 1 is 1.15 bits per heavy atom. The Bertz CT molecular complexity index is 606. The molecule has 2 aromatic rings. The smallest absolute Gasteiger partial charge is 0.336 e. The quantitative estimate of drug-likeness (QED) is 0.899. The van der Waals surface area contributed by atoms with Gasteiger partial charge in [-0.25, -0.2) is 4.79 Å². The summed E-state index contributed by atoms with van der Waals surface area (Å²) in [6.07, 6.45) is 0.717. The van der Waals surface area contributed by atoms with Crippen LogP contribution in [0, 0.1) is 0 Å². The predicted octanol–water partition coefficient (Wildman–Crippen LogP) is 4.11. The highest BCUT2D eigenvalue weighted by molar-refractivity contribution is 7.99. The lowest BCUT2D eigenvalue weighted by Gasteiger charge is -2.07. The maximum Gasteiger partial charge on any atom is 0.336 e. The van der Waals surface area contributed by atoms with Gasteiger partial charge in [0.05, 0.1) is 12.7 Å². The summed E-state index contributed by atoms with van der Waals surface area (Å²) in [4.78, 5) is 13.2. The third-order valence-electron chi connectivity index (χ3n) is 2.99. The average molecular weight is 288 g/mol. The van der Waals surface area contributed by atoms with Gasteiger partial charge in [-0.3, -0.25) is 0 Å². The second-order valence-corrected chi connectivity index (χ2v) is 5.40. The first kappa shape index (κ1) is 14.5. The number of ether oxygens (including phenoxy) is 1. The molecule has 2 rings (SSSR count). The molecule has 0 atom stereocenters. The van der Waals surface area contributed by atoms with Crippen molar-refractivity contribution in [2.75, 3.05) is 7.11 Å². The normalized spacial score (nSPS) is 10.3. The van der Waals surface area contributed by atoms with Crippen LogP contribution in [0.3, 0.4) is 0 Å². The van der Waals surface area contributed by atoms with Crippen LogP contribution in [-0.4, -0.2) is 18.2 Å². The Kier molecular flexibility index (Phi) is 4.69. The number of hydrogen-bond donors (Lipinski definition) is 1. The minimum absolute atomic E-state index is 0.381. The molecule has 4 heteroatoms. The van der Waals surface area contributed by atoms with Crippen molar-refractivity contribution in [2.24, 2.45) is 0 Å². The maximum atomic E-state index is 11.2. The molecule has 0 aliphatic heterocycles. The summed E-state index contributed by atoms with van der Waals surface area (Å²) >= 11 is 1.54. The minimum atomic E-state index is -0.876. The molecule has 2 aromatic carbocycles. The average Bonchev–Trinajstić information content (AvgIpc) is 2.48. The molecule has 0 bridgehead atoms.